The van der Waals surface area contributed by atoms with Gasteiger partial charge in [0.25, 0.3) is 0 Å². The smallest absolute Gasteiger partial charge is 0.243 e. The molecule has 0 fully saturated rings. The molecule has 0 spiro atoms. The Balaban J connectivity index is 2.12. The van der Waals surface area contributed by atoms with Gasteiger partial charge in [0.2, 0.25) is 15.9 Å². The molecule has 1 N–H and O–H groups in total. The fourth-order valence-electron chi connectivity index (χ4n) is 2.48. The molecule has 2 aromatic rings. The minimum Gasteiger partial charge on any atom is -0.497 e. The molecule has 26 heavy (non-hydrogen) atoms. The van der Waals surface area contributed by atoms with Crippen LogP contribution in [-0.4, -0.2) is 33.7 Å². The highest BCUT2D eigenvalue weighted by molar-refractivity contribution is 7.92. The van der Waals surface area contributed by atoms with Crippen molar-refractivity contribution in [2.24, 2.45) is 0 Å². The third kappa shape index (κ3) is 4.95. The zero-order valence-corrected chi connectivity index (χ0v) is 15.6. The third-order valence-electron chi connectivity index (χ3n) is 3.80. The van der Waals surface area contributed by atoms with Crippen LogP contribution in [-0.2, 0) is 21.4 Å². The second-order valence-electron chi connectivity index (χ2n) is 5.78. The number of ether oxygens (including phenoxy) is 1. The van der Waals surface area contributed by atoms with Crippen LogP contribution in [0.3, 0.4) is 0 Å². The number of sulfonamides is 1. The molecule has 0 bridgehead atoms. The lowest BCUT2D eigenvalue weighted by Gasteiger charge is -2.28. The van der Waals surface area contributed by atoms with Gasteiger partial charge in [-0.1, -0.05) is 12.1 Å². The molecule has 2 rings (SSSR count). The SMILES string of the molecule is COc1ccc(CNC(=O)[C@@H](C)N(c2ccc(F)cc2)S(C)(=O)=O)cc1. The van der Waals surface area contributed by atoms with E-state index in [2.05, 4.69) is 5.32 Å². The first kappa shape index (κ1) is 19.7. The fourth-order valence-corrected chi connectivity index (χ4v) is 3.65. The summed E-state index contributed by atoms with van der Waals surface area (Å²) in [4.78, 5) is 12.5. The van der Waals surface area contributed by atoms with Crippen LogP contribution in [0.15, 0.2) is 48.5 Å². The van der Waals surface area contributed by atoms with Gasteiger partial charge >= 0.3 is 0 Å². The Morgan fingerprint density at radius 2 is 1.73 bits per heavy atom. The molecular formula is C18H21FN2O4S. The van der Waals surface area contributed by atoms with Gasteiger partial charge in [-0.15, -0.1) is 0 Å². The maximum Gasteiger partial charge on any atom is 0.243 e. The Kier molecular flexibility index (Phi) is 6.20. The van der Waals surface area contributed by atoms with E-state index in [0.29, 0.717) is 5.75 Å². The van der Waals surface area contributed by atoms with Crippen LogP contribution in [0, 0.1) is 5.82 Å². The van der Waals surface area contributed by atoms with Crippen LogP contribution in [0.4, 0.5) is 10.1 Å². The zero-order valence-electron chi connectivity index (χ0n) is 14.8. The summed E-state index contributed by atoms with van der Waals surface area (Å²) >= 11 is 0. The zero-order chi connectivity index (χ0) is 19.3. The lowest BCUT2D eigenvalue weighted by Crippen LogP contribution is -2.47. The Bertz CT molecular complexity index is 852. The third-order valence-corrected chi connectivity index (χ3v) is 5.04. The van der Waals surface area contributed by atoms with E-state index in [9.17, 15) is 17.6 Å². The van der Waals surface area contributed by atoms with Crippen molar-refractivity contribution in [1.82, 2.24) is 5.32 Å². The van der Waals surface area contributed by atoms with E-state index in [1.807, 2.05) is 0 Å². The number of hydrogen-bond donors (Lipinski definition) is 1. The van der Waals surface area contributed by atoms with Crippen LogP contribution >= 0.6 is 0 Å². The minimum atomic E-state index is -3.73. The Hall–Kier alpha value is -2.61. The summed E-state index contributed by atoms with van der Waals surface area (Å²) < 4.78 is 43.4. The molecule has 1 atom stereocenters. The van der Waals surface area contributed by atoms with E-state index in [0.717, 1.165) is 28.3 Å². The lowest BCUT2D eigenvalue weighted by atomic mass is 10.2. The van der Waals surface area contributed by atoms with Crippen molar-refractivity contribution < 1.29 is 22.3 Å². The molecule has 0 aliphatic rings. The van der Waals surface area contributed by atoms with Gasteiger partial charge in [-0.3, -0.25) is 9.10 Å². The molecule has 0 heterocycles. The molecule has 140 valence electrons. The van der Waals surface area contributed by atoms with E-state index in [1.54, 1.807) is 31.4 Å². The number of anilines is 1. The lowest BCUT2D eigenvalue weighted by molar-refractivity contribution is -0.122. The van der Waals surface area contributed by atoms with Crippen molar-refractivity contribution in [1.29, 1.82) is 0 Å². The quantitative estimate of drug-likeness (QED) is 0.800. The predicted octanol–water partition coefficient (Wildman–Crippen LogP) is 2.31. The van der Waals surface area contributed by atoms with Gasteiger partial charge in [0.05, 0.1) is 19.1 Å². The minimum absolute atomic E-state index is 0.223. The van der Waals surface area contributed by atoms with E-state index in [1.165, 1.54) is 19.1 Å². The van der Waals surface area contributed by atoms with Gasteiger partial charge in [-0.2, -0.15) is 0 Å². The maximum absolute atomic E-state index is 13.1. The van der Waals surface area contributed by atoms with Crippen LogP contribution in [0.25, 0.3) is 0 Å². The van der Waals surface area contributed by atoms with E-state index in [4.69, 9.17) is 4.74 Å². The van der Waals surface area contributed by atoms with Crippen molar-refractivity contribution in [2.75, 3.05) is 17.7 Å². The molecule has 8 heteroatoms. The first-order valence-corrected chi connectivity index (χ1v) is 9.73. The summed E-state index contributed by atoms with van der Waals surface area (Å²) in [5.74, 6) is -0.248. The Labute approximate surface area is 152 Å². The molecule has 6 nitrogen and oxygen atoms in total. The predicted molar refractivity (Wildman–Crippen MR) is 98.0 cm³/mol. The van der Waals surface area contributed by atoms with E-state index < -0.39 is 27.8 Å². The molecule has 0 unspecified atom stereocenters. The highest BCUT2D eigenvalue weighted by Crippen LogP contribution is 2.21. The van der Waals surface area contributed by atoms with Gasteiger partial charge in [0.1, 0.15) is 17.6 Å². The van der Waals surface area contributed by atoms with Crippen LogP contribution < -0.4 is 14.4 Å². The highest BCUT2D eigenvalue weighted by Gasteiger charge is 2.28. The average molecular weight is 380 g/mol. The summed E-state index contributed by atoms with van der Waals surface area (Å²) in [6, 6.07) is 11.1. The number of hydrogen-bond acceptors (Lipinski definition) is 4. The molecule has 0 saturated heterocycles. The molecule has 0 saturated carbocycles. The molecule has 2 aromatic carbocycles. The normalized spacial score (nSPS) is 12.3. The number of carbonyl (C=O) groups excluding carboxylic acids is 1. The molecular weight excluding hydrogens is 359 g/mol. The molecule has 0 aromatic heterocycles. The fraction of sp³-hybridized carbons (Fsp3) is 0.278. The summed E-state index contributed by atoms with van der Waals surface area (Å²) in [5.41, 5.74) is 1.07. The van der Waals surface area contributed by atoms with Crippen molar-refractivity contribution >= 4 is 21.6 Å². The standard InChI is InChI=1S/C18H21FN2O4S/c1-13(18(22)20-12-14-4-10-17(25-2)11-5-14)21(26(3,23)24)16-8-6-15(19)7-9-16/h4-11,13H,12H2,1-3H3,(H,20,22)/t13-/m1/s1. The number of nitrogens with one attached hydrogen (secondary N) is 1. The average Bonchev–Trinajstić information content (AvgIpc) is 2.60. The van der Waals surface area contributed by atoms with Crippen LogP contribution in [0.5, 0.6) is 5.75 Å². The summed E-state index contributed by atoms with van der Waals surface area (Å²) in [5, 5.41) is 2.71. The van der Waals surface area contributed by atoms with Crippen molar-refractivity contribution in [3.63, 3.8) is 0 Å². The Morgan fingerprint density at radius 3 is 2.23 bits per heavy atom. The highest BCUT2D eigenvalue weighted by atomic mass is 32.2. The van der Waals surface area contributed by atoms with Crippen molar-refractivity contribution in [2.45, 2.75) is 19.5 Å². The second kappa shape index (κ2) is 8.18. The number of amides is 1. The molecule has 0 aliphatic carbocycles. The molecule has 1 amide bonds. The van der Waals surface area contributed by atoms with Crippen LogP contribution in [0.1, 0.15) is 12.5 Å². The number of benzene rings is 2. The molecule has 0 radical (unpaired) electrons. The first-order chi connectivity index (χ1) is 12.2. The second-order valence-corrected chi connectivity index (χ2v) is 7.64. The number of methoxy groups -OCH3 is 1. The van der Waals surface area contributed by atoms with E-state index >= 15 is 0 Å². The van der Waals surface area contributed by atoms with Crippen molar-refractivity contribution in [3.05, 3.63) is 59.9 Å². The number of rotatable bonds is 7. The molecule has 0 aliphatic heterocycles. The van der Waals surface area contributed by atoms with Gasteiger partial charge < -0.3 is 10.1 Å². The topological polar surface area (TPSA) is 75.7 Å². The summed E-state index contributed by atoms with van der Waals surface area (Å²) in [7, 11) is -2.17. The van der Waals surface area contributed by atoms with Crippen molar-refractivity contribution in [3.8, 4) is 5.75 Å². The number of halogens is 1. The first-order valence-electron chi connectivity index (χ1n) is 7.88. The van der Waals surface area contributed by atoms with Gasteiger partial charge in [-0.05, 0) is 48.9 Å². The summed E-state index contributed by atoms with van der Waals surface area (Å²) in [6.45, 7) is 1.72. The van der Waals surface area contributed by atoms with Gasteiger partial charge in [0, 0.05) is 6.54 Å². The van der Waals surface area contributed by atoms with Gasteiger partial charge in [0.15, 0.2) is 0 Å². The van der Waals surface area contributed by atoms with E-state index in [-0.39, 0.29) is 12.2 Å². The maximum atomic E-state index is 13.1. The van der Waals surface area contributed by atoms with Gasteiger partial charge in [-0.25, -0.2) is 12.8 Å². The van der Waals surface area contributed by atoms with Crippen LogP contribution in [0.2, 0.25) is 0 Å². The number of carbonyl (C=O) groups is 1. The monoisotopic (exact) mass is 380 g/mol. The largest absolute Gasteiger partial charge is 0.497 e. The Morgan fingerprint density at radius 1 is 1.15 bits per heavy atom. The summed E-state index contributed by atoms with van der Waals surface area (Å²) in [6.07, 6.45) is 1.00. The number of nitrogens with zero attached hydrogens (tertiary/aromatic N) is 1.